The SMILES string of the molecule is CCc1ccccc1C1C(N)CCC(=O)N1CC. The largest absolute Gasteiger partial charge is 0.334 e. The molecule has 2 N–H and O–H groups in total. The summed E-state index contributed by atoms with van der Waals surface area (Å²) in [5, 5.41) is 0. The molecule has 1 aliphatic rings. The second-order valence-corrected chi connectivity index (χ2v) is 4.88. The molecule has 1 saturated heterocycles. The average molecular weight is 246 g/mol. The zero-order valence-corrected chi connectivity index (χ0v) is 11.2. The second-order valence-electron chi connectivity index (χ2n) is 4.88. The number of nitrogens with two attached hydrogens (primary N) is 1. The molecule has 0 saturated carbocycles. The first kappa shape index (κ1) is 13.1. The van der Waals surface area contributed by atoms with Gasteiger partial charge in [0, 0.05) is 19.0 Å². The predicted molar refractivity (Wildman–Crippen MR) is 73.2 cm³/mol. The van der Waals surface area contributed by atoms with Gasteiger partial charge in [0.25, 0.3) is 0 Å². The van der Waals surface area contributed by atoms with Gasteiger partial charge in [0.15, 0.2) is 0 Å². The highest BCUT2D eigenvalue weighted by molar-refractivity contribution is 5.78. The summed E-state index contributed by atoms with van der Waals surface area (Å²) in [7, 11) is 0. The smallest absolute Gasteiger partial charge is 0.223 e. The van der Waals surface area contributed by atoms with E-state index < -0.39 is 0 Å². The Labute approximate surface area is 109 Å². The van der Waals surface area contributed by atoms with Gasteiger partial charge in [-0.3, -0.25) is 4.79 Å². The second kappa shape index (κ2) is 5.53. The number of rotatable bonds is 3. The Bertz CT molecular complexity index is 430. The molecule has 2 atom stereocenters. The first-order valence-electron chi connectivity index (χ1n) is 6.81. The van der Waals surface area contributed by atoms with Crippen molar-refractivity contribution in [1.82, 2.24) is 4.90 Å². The van der Waals surface area contributed by atoms with E-state index in [0.717, 1.165) is 19.4 Å². The van der Waals surface area contributed by atoms with Crippen LogP contribution in [0.1, 0.15) is 43.9 Å². The van der Waals surface area contributed by atoms with Crippen molar-refractivity contribution in [1.29, 1.82) is 0 Å². The van der Waals surface area contributed by atoms with E-state index in [1.165, 1.54) is 11.1 Å². The molecule has 98 valence electrons. The minimum absolute atomic E-state index is 0.0485. The highest BCUT2D eigenvalue weighted by Gasteiger charge is 2.34. The lowest BCUT2D eigenvalue weighted by molar-refractivity contribution is -0.137. The quantitative estimate of drug-likeness (QED) is 0.889. The van der Waals surface area contributed by atoms with Gasteiger partial charge >= 0.3 is 0 Å². The summed E-state index contributed by atoms with van der Waals surface area (Å²) >= 11 is 0. The van der Waals surface area contributed by atoms with Gasteiger partial charge in [-0.2, -0.15) is 0 Å². The van der Waals surface area contributed by atoms with E-state index in [4.69, 9.17) is 5.73 Å². The highest BCUT2D eigenvalue weighted by Crippen LogP contribution is 2.32. The number of likely N-dealkylation sites (N-methyl/N-ethyl adjacent to an activating group) is 1. The summed E-state index contributed by atoms with van der Waals surface area (Å²) < 4.78 is 0. The van der Waals surface area contributed by atoms with Crippen LogP contribution >= 0.6 is 0 Å². The van der Waals surface area contributed by atoms with Crippen molar-refractivity contribution in [3.05, 3.63) is 35.4 Å². The molecule has 1 aromatic carbocycles. The number of aryl methyl sites for hydroxylation is 1. The molecule has 2 unspecified atom stereocenters. The molecule has 0 bridgehead atoms. The number of carbonyl (C=O) groups excluding carboxylic acids is 1. The average Bonchev–Trinajstić information content (AvgIpc) is 2.41. The number of hydrogen-bond donors (Lipinski definition) is 1. The Morgan fingerprint density at radius 2 is 2.06 bits per heavy atom. The fraction of sp³-hybridized carbons (Fsp3) is 0.533. The molecule has 1 heterocycles. The molecule has 1 aliphatic heterocycles. The van der Waals surface area contributed by atoms with Gasteiger partial charge in [-0.25, -0.2) is 0 Å². The Balaban J connectivity index is 2.41. The zero-order valence-electron chi connectivity index (χ0n) is 11.2. The maximum atomic E-state index is 12.0. The van der Waals surface area contributed by atoms with Crippen LogP contribution in [-0.2, 0) is 11.2 Å². The molecule has 3 nitrogen and oxygen atoms in total. The van der Waals surface area contributed by atoms with Crippen LogP contribution < -0.4 is 5.73 Å². The number of hydrogen-bond acceptors (Lipinski definition) is 2. The minimum Gasteiger partial charge on any atom is -0.334 e. The van der Waals surface area contributed by atoms with Gasteiger partial charge in [0.05, 0.1) is 6.04 Å². The maximum Gasteiger partial charge on any atom is 0.223 e. The van der Waals surface area contributed by atoms with Crippen molar-refractivity contribution in [2.75, 3.05) is 6.54 Å². The predicted octanol–water partition coefficient (Wildman–Crippen LogP) is 2.26. The first-order valence-corrected chi connectivity index (χ1v) is 6.81. The normalized spacial score (nSPS) is 24.4. The van der Waals surface area contributed by atoms with E-state index in [2.05, 4.69) is 25.1 Å². The third kappa shape index (κ3) is 2.27. The van der Waals surface area contributed by atoms with Crippen LogP contribution in [0.3, 0.4) is 0 Å². The van der Waals surface area contributed by atoms with Crippen LogP contribution in [0.25, 0.3) is 0 Å². The highest BCUT2D eigenvalue weighted by atomic mass is 16.2. The van der Waals surface area contributed by atoms with Gasteiger partial charge in [-0.1, -0.05) is 31.2 Å². The molecule has 1 fully saturated rings. The molecule has 3 heteroatoms. The van der Waals surface area contributed by atoms with E-state index in [1.54, 1.807) is 0 Å². The maximum absolute atomic E-state index is 12.0. The fourth-order valence-electron chi connectivity index (χ4n) is 2.89. The third-order valence-electron chi connectivity index (χ3n) is 3.85. The van der Waals surface area contributed by atoms with Crippen molar-refractivity contribution in [2.45, 2.75) is 45.2 Å². The van der Waals surface area contributed by atoms with Crippen molar-refractivity contribution in [2.24, 2.45) is 5.73 Å². The van der Waals surface area contributed by atoms with E-state index in [0.29, 0.717) is 6.42 Å². The number of amides is 1. The van der Waals surface area contributed by atoms with Crippen LogP contribution in [0.4, 0.5) is 0 Å². The van der Waals surface area contributed by atoms with E-state index in [-0.39, 0.29) is 18.0 Å². The summed E-state index contributed by atoms with van der Waals surface area (Å²) in [4.78, 5) is 14.0. The molecule has 0 aromatic heterocycles. The van der Waals surface area contributed by atoms with Crippen LogP contribution in [0.2, 0.25) is 0 Å². The monoisotopic (exact) mass is 246 g/mol. The lowest BCUT2D eigenvalue weighted by atomic mass is 9.87. The first-order chi connectivity index (χ1) is 8.69. The molecule has 18 heavy (non-hydrogen) atoms. The summed E-state index contributed by atoms with van der Waals surface area (Å²) in [5.41, 5.74) is 8.79. The number of likely N-dealkylation sites (tertiary alicyclic amines) is 1. The number of carbonyl (C=O) groups is 1. The van der Waals surface area contributed by atoms with Crippen LogP contribution in [0.5, 0.6) is 0 Å². The van der Waals surface area contributed by atoms with Crippen LogP contribution in [-0.4, -0.2) is 23.4 Å². The molecule has 0 aliphatic carbocycles. The van der Waals surface area contributed by atoms with Gasteiger partial charge in [0.2, 0.25) is 5.91 Å². The molecule has 0 radical (unpaired) electrons. The Hall–Kier alpha value is -1.35. The Morgan fingerprint density at radius 3 is 2.72 bits per heavy atom. The molecular weight excluding hydrogens is 224 g/mol. The van der Waals surface area contributed by atoms with Gasteiger partial charge in [-0.15, -0.1) is 0 Å². The van der Waals surface area contributed by atoms with Crippen molar-refractivity contribution < 1.29 is 4.79 Å². The van der Waals surface area contributed by atoms with E-state index >= 15 is 0 Å². The Morgan fingerprint density at radius 1 is 1.33 bits per heavy atom. The van der Waals surface area contributed by atoms with E-state index in [9.17, 15) is 4.79 Å². The van der Waals surface area contributed by atoms with Crippen LogP contribution in [0.15, 0.2) is 24.3 Å². The molecule has 1 amide bonds. The van der Waals surface area contributed by atoms with Gasteiger partial charge in [0.1, 0.15) is 0 Å². The van der Waals surface area contributed by atoms with Gasteiger partial charge in [-0.05, 0) is 30.9 Å². The fourth-order valence-corrected chi connectivity index (χ4v) is 2.89. The molecular formula is C15H22N2O. The summed E-state index contributed by atoms with van der Waals surface area (Å²) in [5.74, 6) is 0.232. The number of nitrogens with zero attached hydrogens (tertiary/aromatic N) is 1. The standard InChI is InChI=1S/C15H22N2O/c1-3-11-7-5-6-8-12(11)15-13(16)9-10-14(18)17(15)4-2/h5-8,13,15H,3-4,9-10,16H2,1-2H3. The summed E-state index contributed by atoms with van der Waals surface area (Å²) in [6.07, 6.45) is 2.35. The summed E-state index contributed by atoms with van der Waals surface area (Å²) in [6, 6.07) is 8.44. The number of piperidine rings is 1. The lowest BCUT2D eigenvalue weighted by Crippen LogP contribution is -2.48. The van der Waals surface area contributed by atoms with Crippen molar-refractivity contribution in [3.8, 4) is 0 Å². The van der Waals surface area contributed by atoms with Crippen molar-refractivity contribution >= 4 is 5.91 Å². The summed E-state index contributed by atoms with van der Waals surface area (Å²) in [6.45, 7) is 4.90. The number of benzene rings is 1. The minimum atomic E-state index is 0.0485. The Kier molecular flexibility index (Phi) is 4.02. The van der Waals surface area contributed by atoms with E-state index in [1.807, 2.05) is 17.9 Å². The third-order valence-corrected chi connectivity index (χ3v) is 3.85. The molecule has 0 spiro atoms. The van der Waals surface area contributed by atoms with Crippen LogP contribution in [0, 0.1) is 0 Å². The molecule has 1 aromatic rings. The molecule has 2 rings (SSSR count). The topological polar surface area (TPSA) is 46.3 Å². The zero-order chi connectivity index (χ0) is 13.1. The lowest BCUT2D eigenvalue weighted by Gasteiger charge is -2.40. The van der Waals surface area contributed by atoms with Crippen molar-refractivity contribution in [3.63, 3.8) is 0 Å². The van der Waals surface area contributed by atoms with Gasteiger partial charge < -0.3 is 10.6 Å².